The summed E-state index contributed by atoms with van der Waals surface area (Å²) in [5.74, 6) is -0.908. The zero-order valence-electron chi connectivity index (χ0n) is 12.4. The van der Waals surface area contributed by atoms with Crippen molar-refractivity contribution in [2.75, 3.05) is 6.61 Å². The highest BCUT2D eigenvalue weighted by molar-refractivity contribution is 5.80. The number of ether oxygens (including phenoxy) is 1. The van der Waals surface area contributed by atoms with Crippen LogP contribution >= 0.6 is 0 Å². The van der Waals surface area contributed by atoms with Crippen LogP contribution < -0.4 is 0 Å². The molecule has 0 amide bonds. The Hall–Kier alpha value is -2.39. The lowest BCUT2D eigenvalue weighted by molar-refractivity contribution is -0.131. The number of hydrogen-bond donors (Lipinski definition) is 1. The molecule has 0 heterocycles. The van der Waals surface area contributed by atoms with Crippen molar-refractivity contribution in [2.24, 2.45) is 0 Å². The summed E-state index contributed by atoms with van der Waals surface area (Å²) in [6.07, 6.45) is 2.55. The molecule has 2 aromatic carbocycles. The molecular formula is C19H20O3. The number of rotatable bonds is 8. The van der Waals surface area contributed by atoms with Crippen molar-refractivity contribution < 1.29 is 14.6 Å². The highest BCUT2D eigenvalue weighted by Crippen LogP contribution is 2.12. The zero-order valence-corrected chi connectivity index (χ0v) is 12.4. The van der Waals surface area contributed by atoms with Gasteiger partial charge in [0, 0.05) is 6.08 Å². The number of aliphatic carboxylic acids is 1. The second-order valence-electron chi connectivity index (χ2n) is 5.09. The molecule has 3 nitrogen and oxygen atoms in total. The van der Waals surface area contributed by atoms with E-state index in [1.807, 2.05) is 60.7 Å². The predicted octanol–water partition coefficient (Wildman–Crippen LogP) is 3.85. The van der Waals surface area contributed by atoms with Crippen molar-refractivity contribution in [3.05, 3.63) is 83.4 Å². The van der Waals surface area contributed by atoms with Gasteiger partial charge in [0.1, 0.15) is 0 Å². The summed E-state index contributed by atoms with van der Waals surface area (Å²) in [7, 11) is 0. The van der Waals surface area contributed by atoms with Crippen LogP contribution in [0.15, 0.2) is 72.3 Å². The van der Waals surface area contributed by atoms with Gasteiger partial charge in [0.25, 0.3) is 0 Å². The minimum atomic E-state index is -0.908. The van der Waals surface area contributed by atoms with Crippen LogP contribution in [0.3, 0.4) is 0 Å². The highest BCUT2D eigenvalue weighted by Gasteiger charge is 2.03. The topological polar surface area (TPSA) is 46.5 Å². The van der Waals surface area contributed by atoms with E-state index in [4.69, 9.17) is 9.84 Å². The van der Waals surface area contributed by atoms with Crippen LogP contribution in [0.4, 0.5) is 0 Å². The van der Waals surface area contributed by atoms with Crippen molar-refractivity contribution in [3.63, 3.8) is 0 Å². The summed E-state index contributed by atoms with van der Waals surface area (Å²) in [6.45, 7) is 1.06. The Morgan fingerprint density at radius 2 is 1.55 bits per heavy atom. The number of hydrogen-bond acceptors (Lipinski definition) is 2. The molecule has 0 aliphatic heterocycles. The van der Waals surface area contributed by atoms with Crippen molar-refractivity contribution in [2.45, 2.75) is 19.4 Å². The summed E-state index contributed by atoms with van der Waals surface area (Å²) in [6, 6.07) is 19.8. The highest BCUT2D eigenvalue weighted by atomic mass is 16.5. The summed E-state index contributed by atoms with van der Waals surface area (Å²) in [5, 5.41) is 8.98. The largest absolute Gasteiger partial charge is 0.478 e. The minimum absolute atomic E-state index is 0.515. The summed E-state index contributed by atoms with van der Waals surface area (Å²) < 4.78 is 5.64. The number of benzene rings is 2. The van der Waals surface area contributed by atoms with Gasteiger partial charge in [-0.05, 0) is 24.0 Å². The smallest absolute Gasteiger partial charge is 0.328 e. The predicted molar refractivity (Wildman–Crippen MR) is 86.6 cm³/mol. The molecule has 2 rings (SSSR count). The zero-order chi connectivity index (χ0) is 15.6. The molecule has 0 spiro atoms. The van der Waals surface area contributed by atoms with E-state index in [0.717, 1.165) is 16.7 Å². The molecule has 22 heavy (non-hydrogen) atoms. The molecule has 0 aromatic heterocycles. The first-order chi connectivity index (χ1) is 10.7. The van der Waals surface area contributed by atoms with E-state index in [0.29, 0.717) is 26.1 Å². The van der Waals surface area contributed by atoms with Gasteiger partial charge in [-0.15, -0.1) is 0 Å². The van der Waals surface area contributed by atoms with Crippen LogP contribution in [0.25, 0.3) is 0 Å². The van der Waals surface area contributed by atoms with Gasteiger partial charge in [-0.25, -0.2) is 4.79 Å². The van der Waals surface area contributed by atoms with Gasteiger partial charge >= 0.3 is 5.97 Å². The van der Waals surface area contributed by atoms with E-state index < -0.39 is 5.97 Å². The number of carboxylic acid groups (broad SMARTS) is 1. The average Bonchev–Trinajstić information content (AvgIpc) is 2.53. The van der Waals surface area contributed by atoms with Crippen LogP contribution in [-0.2, 0) is 22.6 Å². The van der Waals surface area contributed by atoms with Crippen molar-refractivity contribution in [1.29, 1.82) is 0 Å². The van der Waals surface area contributed by atoms with E-state index in [1.54, 1.807) is 0 Å². The molecule has 0 radical (unpaired) electrons. The van der Waals surface area contributed by atoms with E-state index in [9.17, 15) is 4.79 Å². The van der Waals surface area contributed by atoms with E-state index in [-0.39, 0.29) is 0 Å². The normalized spacial score (nSPS) is 11.4. The van der Waals surface area contributed by atoms with Gasteiger partial charge in [0.2, 0.25) is 0 Å². The van der Waals surface area contributed by atoms with Gasteiger partial charge in [0.15, 0.2) is 0 Å². The number of carboxylic acids is 1. The fourth-order valence-electron chi connectivity index (χ4n) is 2.21. The lowest BCUT2D eigenvalue weighted by Crippen LogP contribution is -2.02. The van der Waals surface area contributed by atoms with E-state index in [2.05, 4.69) is 0 Å². The molecule has 0 saturated carbocycles. The summed E-state index contributed by atoms with van der Waals surface area (Å²) in [5.41, 5.74) is 3.10. The van der Waals surface area contributed by atoms with Gasteiger partial charge in [-0.3, -0.25) is 0 Å². The van der Waals surface area contributed by atoms with Gasteiger partial charge in [-0.2, -0.15) is 0 Å². The van der Waals surface area contributed by atoms with Crippen LogP contribution in [0.2, 0.25) is 0 Å². The lowest BCUT2D eigenvalue weighted by atomic mass is 10.0. The Kier molecular flexibility index (Phi) is 6.39. The minimum Gasteiger partial charge on any atom is -0.478 e. The first-order valence-electron chi connectivity index (χ1n) is 7.32. The first kappa shape index (κ1) is 16.0. The Labute approximate surface area is 130 Å². The molecule has 3 heteroatoms. The van der Waals surface area contributed by atoms with Crippen molar-refractivity contribution >= 4 is 5.97 Å². The maximum Gasteiger partial charge on any atom is 0.328 e. The fraction of sp³-hybridized carbons (Fsp3) is 0.211. The molecule has 0 unspecified atom stereocenters. The SMILES string of the molecule is O=C(O)/C=C(\CCOCc1ccccc1)Cc1ccccc1. The van der Waals surface area contributed by atoms with E-state index >= 15 is 0 Å². The molecular weight excluding hydrogens is 276 g/mol. The Balaban J connectivity index is 1.84. The third kappa shape index (κ3) is 5.94. The van der Waals surface area contributed by atoms with E-state index in [1.165, 1.54) is 6.08 Å². The first-order valence-corrected chi connectivity index (χ1v) is 7.32. The Bertz CT molecular complexity index is 603. The summed E-state index contributed by atoms with van der Waals surface area (Å²) >= 11 is 0. The molecule has 0 aliphatic carbocycles. The monoisotopic (exact) mass is 296 g/mol. The van der Waals surface area contributed by atoms with Crippen molar-refractivity contribution in [3.8, 4) is 0 Å². The third-order valence-electron chi connectivity index (χ3n) is 3.28. The van der Waals surface area contributed by atoms with Crippen molar-refractivity contribution in [1.82, 2.24) is 0 Å². The Morgan fingerprint density at radius 3 is 2.14 bits per heavy atom. The molecule has 0 fully saturated rings. The molecule has 2 aromatic rings. The van der Waals surface area contributed by atoms with Crippen LogP contribution in [0.1, 0.15) is 17.5 Å². The Morgan fingerprint density at radius 1 is 0.955 bits per heavy atom. The quantitative estimate of drug-likeness (QED) is 0.594. The molecule has 0 atom stereocenters. The maximum absolute atomic E-state index is 10.9. The standard InChI is InChI=1S/C19H20O3/c20-19(21)14-18(13-16-7-3-1-4-8-16)11-12-22-15-17-9-5-2-6-10-17/h1-10,14H,11-13,15H2,(H,20,21)/b18-14+. The number of carbonyl (C=O) groups is 1. The van der Waals surface area contributed by atoms with Gasteiger partial charge < -0.3 is 9.84 Å². The second-order valence-corrected chi connectivity index (χ2v) is 5.09. The van der Waals surface area contributed by atoms with Crippen LogP contribution in [0, 0.1) is 0 Å². The lowest BCUT2D eigenvalue weighted by Gasteiger charge is -2.08. The molecule has 0 bridgehead atoms. The molecule has 1 N–H and O–H groups in total. The van der Waals surface area contributed by atoms with Crippen LogP contribution in [0.5, 0.6) is 0 Å². The van der Waals surface area contributed by atoms with Gasteiger partial charge in [0.05, 0.1) is 13.2 Å². The molecule has 0 saturated heterocycles. The molecule has 114 valence electrons. The average molecular weight is 296 g/mol. The fourth-order valence-corrected chi connectivity index (χ4v) is 2.21. The second kappa shape index (κ2) is 8.80. The summed E-state index contributed by atoms with van der Waals surface area (Å²) in [4.78, 5) is 10.9. The van der Waals surface area contributed by atoms with Crippen LogP contribution in [-0.4, -0.2) is 17.7 Å². The maximum atomic E-state index is 10.9. The third-order valence-corrected chi connectivity index (χ3v) is 3.28. The van der Waals surface area contributed by atoms with Gasteiger partial charge in [-0.1, -0.05) is 66.2 Å². The molecule has 0 aliphatic rings.